The molecule has 0 heterocycles. The van der Waals surface area contributed by atoms with Crippen molar-refractivity contribution in [1.29, 1.82) is 0 Å². The van der Waals surface area contributed by atoms with Crippen LogP contribution in [0, 0.1) is 41.5 Å². The van der Waals surface area contributed by atoms with Crippen molar-refractivity contribution in [3.63, 3.8) is 0 Å². The summed E-state index contributed by atoms with van der Waals surface area (Å²) in [6.07, 6.45) is 6.50. The topological polar surface area (TPSA) is 0 Å². The van der Waals surface area contributed by atoms with Gasteiger partial charge in [-0.3, -0.25) is 0 Å². The average Bonchev–Trinajstić information content (AvgIpc) is 3.17. The van der Waals surface area contributed by atoms with E-state index in [4.69, 9.17) is 0 Å². The maximum atomic E-state index is 2.45. The molecular formula is C54H66Cl2CoP2. The largest absolute Gasteiger partial charge is 2.00 e. The Kier molecular flexibility index (Phi) is 21.9. The number of hydrogen-bond donors (Lipinski definition) is 0. The number of hydrogen-bond acceptors (Lipinski definition) is 0. The first-order chi connectivity index (χ1) is 26.9. The minimum Gasteiger partial charge on any atom is -1.00 e. The van der Waals surface area contributed by atoms with E-state index in [0.717, 1.165) is 38.5 Å². The van der Waals surface area contributed by atoms with Crippen molar-refractivity contribution in [1.82, 2.24) is 0 Å². The minimum absolute atomic E-state index is 0. The summed E-state index contributed by atoms with van der Waals surface area (Å²) in [6, 6.07) is 43.1. The van der Waals surface area contributed by atoms with Crippen LogP contribution in [-0.4, -0.2) is 0 Å². The molecule has 0 aliphatic heterocycles. The third-order valence-corrected chi connectivity index (χ3v) is 15.4. The van der Waals surface area contributed by atoms with E-state index in [1.165, 1.54) is 98.6 Å². The van der Waals surface area contributed by atoms with Gasteiger partial charge in [0.05, 0.1) is 0 Å². The first-order valence-corrected chi connectivity index (χ1v) is 23.8. The molecule has 0 atom stereocenters. The van der Waals surface area contributed by atoms with E-state index in [1.807, 2.05) is 0 Å². The van der Waals surface area contributed by atoms with Crippen LogP contribution in [0.3, 0.4) is 0 Å². The van der Waals surface area contributed by atoms with Gasteiger partial charge in [0.1, 0.15) is 0 Å². The molecule has 0 aliphatic rings. The summed E-state index contributed by atoms with van der Waals surface area (Å²) < 4.78 is 0. The minimum atomic E-state index is -0.560. The van der Waals surface area contributed by atoms with Gasteiger partial charge in [-0.25, -0.2) is 0 Å². The van der Waals surface area contributed by atoms with Crippen molar-refractivity contribution in [2.24, 2.45) is 0 Å². The molecule has 0 saturated carbocycles. The summed E-state index contributed by atoms with van der Waals surface area (Å²) in [7, 11) is -1.12. The molecule has 0 saturated heterocycles. The molecule has 0 aliphatic carbocycles. The molecule has 0 amide bonds. The van der Waals surface area contributed by atoms with Crippen LogP contribution in [0.15, 0.2) is 109 Å². The molecule has 0 N–H and O–H groups in total. The Morgan fingerprint density at radius 2 is 0.390 bits per heavy atom. The van der Waals surface area contributed by atoms with Crippen LogP contribution in [0.5, 0.6) is 0 Å². The van der Waals surface area contributed by atoms with E-state index in [9.17, 15) is 0 Å². The molecule has 0 aromatic heterocycles. The Morgan fingerprint density at radius 3 is 0.508 bits per heavy atom. The Bertz CT molecular complexity index is 1860. The molecule has 59 heavy (non-hydrogen) atoms. The van der Waals surface area contributed by atoms with Crippen LogP contribution in [-0.2, 0) is 55.3 Å². The van der Waals surface area contributed by atoms with Gasteiger partial charge in [-0.1, -0.05) is 184 Å². The maximum Gasteiger partial charge on any atom is 2.00 e. The van der Waals surface area contributed by atoms with Crippen molar-refractivity contribution >= 4 is 47.7 Å². The molecule has 0 spiro atoms. The van der Waals surface area contributed by atoms with Gasteiger partial charge < -0.3 is 24.8 Å². The maximum absolute atomic E-state index is 2.45. The summed E-state index contributed by atoms with van der Waals surface area (Å²) >= 11 is 0. The molecule has 1 radical (unpaired) electrons. The predicted octanol–water partition coefficient (Wildman–Crippen LogP) is 6.12. The zero-order chi connectivity index (χ0) is 40.5. The van der Waals surface area contributed by atoms with Gasteiger partial charge in [0.25, 0.3) is 0 Å². The van der Waals surface area contributed by atoms with E-state index in [0.29, 0.717) is 0 Å². The van der Waals surface area contributed by atoms with Gasteiger partial charge in [-0.05, 0) is 161 Å². The smallest absolute Gasteiger partial charge is 1.00 e. The second-order valence-electron chi connectivity index (χ2n) is 15.9. The van der Waals surface area contributed by atoms with Crippen molar-refractivity contribution in [3.8, 4) is 0 Å². The molecule has 6 aromatic rings. The van der Waals surface area contributed by atoms with Crippen LogP contribution in [0.25, 0.3) is 0 Å². The first kappa shape index (κ1) is 52.4. The molecule has 0 fully saturated rings. The molecule has 0 nitrogen and oxygen atoms in total. The first-order valence-electron chi connectivity index (χ1n) is 21.1. The van der Waals surface area contributed by atoms with Crippen LogP contribution in [0.1, 0.15) is 108 Å². The third-order valence-electron chi connectivity index (χ3n) is 10.7. The number of rotatable bonds is 12. The van der Waals surface area contributed by atoms with Gasteiger partial charge in [0, 0.05) is 0 Å². The number of benzene rings is 6. The van der Waals surface area contributed by atoms with Crippen LogP contribution in [0.2, 0.25) is 0 Å². The third kappa shape index (κ3) is 14.2. The summed E-state index contributed by atoms with van der Waals surface area (Å²) in [5.74, 6) is 0. The van der Waals surface area contributed by atoms with Gasteiger partial charge in [0.15, 0.2) is 0 Å². The zero-order valence-corrected chi connectivity index (χ0v) is 42.0. The Labute approximate surface area is 384 Å². The second kappa shape index (κ2) is 24.6. The monoisotopic (exact) mass is 905 g/mol. The molecule has 0 bridgehead atoms. The summed E-state index contributed by atoms with van der Waals surface area (Å²) in [4.78, 5) is 0. The van der Waals surface area contributed by atoms with Crippen LogP contribution >= 0.6 is 15.8 Å². The summed E-state index contributed by atoms with van der Waals surface area (Å²) in [5, 5.41) is 8.87. The van der Waals surface area contributed by atoms with Gasteiger partial charge in [-0.2, -0.15) is 0 Å². The van der Waals surface area contributed by atoms with Crippen LogP contribution < -0.4 is 56.6 Å². The van der Waals surface area contributed by atoms with E-state index in [-0.39, 0.29) is 41.6 Å². The standard InChI is InChI=1S/2C27H33P.2ClH.Co/c2*1-7-22-10-19(4)13-25(16-22)28(26-14-20(5)11-23(8-2)17-26)27-15-21(6)12-24(9-3)18-27;;;/h2*10-18H,7-9H2,1-6H3;2*1H;/q;;;;+2/p-2. The van der Waals surface area contributed by atoms with Gasteiger partial charge in [-0.15, -0.1) is 0 Å². The van der Waals surface area contributed by atoms with Crippen molar-refractivity contribution in [3.05, 3.63) is 176 Å². The van der Waals surface area contributed by atoms with E-state index < -0.39 is 15.8 Å². The van der Waals surface area contributed by atoms with E-state index in [2.05, 4.69) is 192 Å². The Balaban J connectivity index is 0.000000387. The second-order valence-corrected chi connectivity index (χ2v) is 20.3. The fourth-order valence-electron chi connectivity index (χ4n) is 7.94. The summed E-state index contributed by atoms with van der Waals surface area (Å²) in [5.41, 5.74) is 16.8. The molecule has 6 aromatic carbocycles. The zero-order valence-electron chi connectivity index (χ0n) is 37.6. The van der Waals surface area contributed by atoms with Crippen molar-refractivity contribution in [2.75, 3.05) is 0 Å². The predicted molar refractivity (Wildman–Crippen MR) is 255 cm³/mol. The molecule has 6 rings (SSSR count). The number of halogens is 2. The van der Waals surface area contributed by atoms with Crippen molar-refractivity contribution < 1.29 is 41.6 Å². The molecular weight excluding hydrogens is 840 g/mol. The van der Waals surface area contributed by atoms with E-state index >= 15 is 0 Å². The summed E-state index contributed by atoms with van der Waals surface area (Å²) in [6.45, 7) is 26.9. The fourth-order valence-corrected chi connectivity index (χ4v) is 13.5. The average molecular weight is 907 g/mol. The van der Waals surface area contributed by atoms with Crippen LogP contribution in [0.4, 0.5) is 0 Å². The quantitative estimate of drug-likeness (QED) is 0.130. The normalized spacial score (nSPS) is 10.7. The number of aryl methyl sites for hydroxylation is 12. The van der Waals surface area contributed by atoms with Crippen molar-refractivity contribution in [2.45, 2.75) is 122 Å². The van der Waals surface area contributed by atoms with E-state index in [1.54, 1.807) is 0 Å². The molecule has 315 valence electrons. The SMILES string of the molecule is CCc1cc(C)cc(P(c2cc(C)cc(CC)c2)c2cc(C)cc(CC)c2)c1.CCc1cc(C)cc(P(c2cc(C)cc(CC)c2)c2cc(C)cc(CC)c2)c1.[Cl-].[Cl-].[Co+2]. The Morgan fingerprint density at radius 1 is 0.254 bits per heavy atom. The van der Waals surface area contributed by atoms with Gasteiger partial charge in [0.2, 0.25) is 0 Å². The van der Waals surface area contributed by atoms with Gasteiger partial charge >= 0.3 is 16.8 Å². The Hall–Kier alpha value is -2.73. The fraction of sp³-hybridized carbons (Fsp3) is 0.333. The molecule has 0 unspecified atom stereocenters. The molecule has 5 heteroatoms.